The first-order chi connectivity index (χ1) is 12.0. The molecule has 0 saturated carbocycles. The van der Waals surface area contributed by atoms with Crippen molar-refractivity contribution in [2.75, 3.05) is 24.4 Å². The van der Waals surface area contributed by atoms with E-state index in [2.05, 4.69) is 20.4 Å². The van der Waals surface area contributed by atoms with E-state index < -0.39 is 5.97 Å². The van der Waals surface area contributed by atoms with Crippen molar-refractivity contribution in [2.45, 2.75) is 12.8 Å². The fourth-order valence-corrected chi connectivity index (χ4v) is 2.94. The molecule has 130 valence electrons. The average Bonchev–Trinajstić information content (AvgIpc) is 3.07. The van der Waals surface area contributed by atoms with Gasteiger partial charge in [-0.3, -0.25) is 14.4 Å². The molecular weight excluding hydrogens is 346 g/mol. The fraction of sp³-hybridized carbons (Fsp3) is 0.250. The monoisotopic (exact) mass is 361 g/mol. The number of benzene rings is 1. The van der Waals surface area contributed by atoms with Gasteiger partial charge >= 0.3 is 5.97 Å². The molecule has 0 aliphatic carbocycles. The highest BCUT2D eigenvalue weighted by atomic mass is 32.1. The maximum absolute atomic E-state index is 11.8. The number of hydrogen-bond donors (Lipinski definition) is 2. The molecule has 1 aliphatic heterocycles. The number of carbonyl (C=O) groups is 3. The van der Waals surface area contributed by atoms with Crippen molar-refractivity contribution >= 4 is 39.9 Å². The molecule has 3 rings (SSSR count). The van der Waals surface area contributed by atoms with Crippen molar-refractivity contribution in [3.05, 3.63) is 23.6 Å². The Labute approximate surface area is 147 Å². The first-order valence-corrected chi connectivity index (χ1v) is 8.32. The number of anilines is 2. The number of nitrogens with one attached hydrogen (secondary N) is 2. The number of nitrogens with zero attached hydrogens (tertiary/aromatic N) is 1. The van der Waals surface area contributed by atoms with Gasteiger partial charge in [0.05, 0.1) is 24.9 Å². The Hall–Kier alpha value is -2.94. The average molecular weight is 361 g/mol. The summed E-state index contributed by atoms with van der Waals surface area (Å²) >= 11 is 1.27. The fourth-order valence-electron chi connectivity index (χ4n) is 2.21. The number of ether oxygens (including phenoxy) is 2. The molecule has 2 aromatic rings. The predicted molar refractivity (Wildman–Crippen MR) is 91.6 cm³/mol. The molecule has 9 heteroatoms. The summed E-state index contributed by atoms with van der Waals surface area (Å²) in [5.74, 6) is -0.345. The molecule has 0 saturated heterocycles. The van der Waals surface area contributed by atoms with E-state index in [0.717, 1.165) is 5.56 Å². The van der Waals surface area contributed by atoms with Crippen LogP contribution in [0.5, 0.6) is 5.75 Å². The highest BCUT2D eigenvalue weighted by Crippen LogP contribution is 2.33. The van der Waals surface area contributed by atoms with Crippen molar-refractivity contribution in [1.29, 1.82) is 0 Å². The van der Waals surface area contributed by atoms with Crippen LogP contribution in [0.1, 0.15) is 12.8 Å². The third-order valence-electron chi connectivity index (χ3n) is 3.44. The largest absolute Gasteiger partial charge is 0.482 e. The summed E-state index contributed by atoms with van der Waals surface area (Å²) in [6.45, 7) is 0.00476. The maximum atomic E-state index is 11.8. The molecule has 0 unspecified atom stereocenters. The second-order valence-corrected chi connectivity index (χ2v) is 6.07. The minimum Gasteiger partial charge on any atom is -0.482 e. The molecule has 2 amide bonds. The Bertz CT molecular complexity index is 833. The zero-order chi connectivity index (χ0) is 17.8. The topological polar surface area (TPSA) is 107 Å². The quantitative estimate of drug-likeness (QED) is 0.789. The molecule has 0 fully saturated rings. The Morgan fingerprint density at radius 3 is 3.04 bits per heavy atom. The van der Waals surface area contributed by atoms with Crippen molar-refractivity contribution in [3.63, 3.8) is 0 Å². The highest BCUT2D eigenvalue weighted by molar-refractivity contribution is 7.14. The highest BCUT2D eigenvalue weighted by Gasteiger charge is 2.17. The van der Waals surface area contributed by atoms with Crippen molar-refractivity contribution in [3.8, 4) is 17.0 Å². The van der Waals surface area contributed by atoms with Gasteiger partial charge in [0.2, 0.25) is 5.91 Å². The number of aromatic nitrogens is 1. The van der Waals surface area contributed by atoms with E-state index in [9.17, 15) is 14.4 Å². The Kier molecular flexibility index (Phi) is 4.94. The van der Waals surface area contributed by atoms with E-state index in [1.807, 2.05) is 6.07 Å². The van der Waals surface area contributed by atoms with Crippen LogP contribution in [0, 0.1) is 0 Å². The normalized spacial score (nSPS) is 12.6. The van der Waals surface area contributed by atoms with E-state index in [1.165, 1.54) is 18.4 Å². The number of fused-ring (bicyclic) bond motifs is 1. The van der Waals surface area contributed by atoms with Gasteiger partial charge in [-0.05, 0) is 18.2 Å². The van der Waals surface area contributed by atoms with Gasteiger partial charge in [-0.25, -0.2) is 4.98 Å². The number of rotatable bonds is 5. The molecule has 0 radical (unpaired) electrons. The summed E-state index contributed by atoms with van der Waals surface area (Å²) < 4.78 is 9.81. The summed E-state index contributed by atoms with van der Waals surface area (Å²) in [5, 5.41) is 7.62. The molecule has 0 bridgehead atoms. The summed E-state index contributed by atoms with van der Waals surface area (Å²) in [5.41, 5.74) is 2.04. The number of amides is 2. The summed E-state index contributed by atoms with van der Waals surface area (Å²) in [6.07, 6.45) is 0.0505. The lowest BCUT2D eigenvalue weighted by molar-refractivity contribution is -0.141. The molecule has 1 aromatic carbocycles. The van der Waals surface area contributed by atoms with Gasteiger partial charge < -0.3 is 20.1 Å². The molecule has 1 aromatic heterocycles. The lowest BCUT2D eigenvalue weighted by atomic mass is 10.1. The molecule has 1 aliphatic rings. The number of hydrogen-bond acceptors (Lipinski definition) is 7. The lowest BCUT2D eigenvalue weighted by Gasteiger charge is -2.18. The molecule has 8 nitrogen and oxygen atoms in total. The summed E-state index contributed by atoms with van der Waals surface area (Å²) in [4.78, 5) is 38.6. The van der Waals surface area contributed by atoms with Crippen LogP contribution in [0.15, 0.2) is 23.6 Å². The van der Waals surface area contributed by atoms with Crippen LogP contribution in [0.4, 0.5) is 10.8 Å². The Morgan fingerprint density at radius 2 is 2.24 bits per heavy atom. The van der Waals surface area contributed by atoms with Crippen LogP contribution >= 0.6 is 11.3 Å². The third kappa shape index (κ3) is 4.13. The van der Waals surface area contributed by atoms with Crippen molar-refractivity contribution in [2.24, 2.45) is 0 Å². The predicted octanol–water partition coefficient (Wildman–Crippen LogP) is 2.03. The first kappa shape index (κ1) is 16.9. The SMILES string of the molecule is COC(=O)CCC(=O)Nc1nc(-c2ccc3c(c2)NC(=O)CO3)cs1. The minimum absolute atomic E-state index is 0.00476. The summed E-state index contributed by atoms with van der Waals surface area (Å²) in [7, 11) is 1.28. The minimum atomic E-state index is -0.437. The molecule has 0 spiro atoms. The van der Waals surface area contributed by atoms with Crippen LogP contribution in [0.3, 0.4) is 0 Å². The van der Waals surface area contributed by atoms with Crippen molar-refractivity contribution < 1.29 is 23.9 Å². The van der Waals surface area contributed by atoms with Gasteiger partial charge in [0.25, 0.3) is 5.91 Å². The van der Waals surface area contributed by atoms with Crippen LogP contribution in [0.2, 0.25) is 0 Å². The van der Waals surface area contributed by atoms with Crippen LogP contribution < -0.4 is 15.4 Å². The van der Waals surface area contributed by atoms with Crippen LogP contribution in [0.25, 0.3) is 11.3 Å². The zero-order valence-corrected chi connectivity index (χ0v) is 14.1. The van der Waals surface area contributed by atoms with Gasteiger partial charge in [-0.2, -0.15) is 0 Å². The van der Waals surface area contributed by atoms with E-state index >= 15 is 0 Å². The van der Waals surface area contributed by atoms with Crippen LogP contribution in [-0.4, -0.2) is 36.5 Å². The second-order valence-electron chi connectivity index (χ2n) is 5.21. The number of esters is 1. The molecule has 0 atom stereocenters. The van der Waals surface area contributed by atoms with E-state index in [1.54, 1.807) is 17.5 Å². The first-order valence-electron chi connectivity index (χ1n) is 7.44. The second kappa shape index (κ2) is 7.31. The maximum Gasteiger partial charge on any atom is 0.306 e. The van der Waals surface area contributed by atoms with Gasteiger partial charge in [0.15, 0.2) is 11.7 Å². The number of thiazole rings is 1. The number of methoxy groups -OCH3 is 1. The van der Waals surface area contributed by atoms with Crippen molar-refractivity contribution in [1.82, 2.24) is 4.98 Å². The molecule has 2 heterocycles. The third-order valence-corrected chi connectivity index (χ3v) is 4.20. The molecule has 2 N–H and O–H groups in total. The van der Waals surface area contributed by atoms with Crippen LogP contribution in [-0.2, 0) is 19.1 Å². The Balaban J connectivity index is 1.67. The Morgan fingerprint density at radius 1 is 1.40 bits per heavy atom. The van der Waals surface area contributed by atoms with E-state index in [-0.39, 0.29) is 31.3 Å². The summed E-state index contributed by atoms with van der Waals surface area (Å²) in [6, 6.07) is 5.36. The van der Waals surface area contributed by atoms with E-state index in [4.69, 9.17) is 4.74 Å². The van der Waals surface area contributed by atoms with Gasteiger partial charge in [-0.1, -0.05) is 0 Å². The lowest BCUT2D eigenvalue weighted by Crippen LogP contribution is -2.25. The molecular formula is C16H15N3O5S. The van der Waals surface area contributed by atoms with E-state index in [0.29, 0.717) is 22.3 Å². The number of carbonyl (C=O) groups excluding carboxylic acids is 3. The smallest absolute Gasteiger partial charge is 0.306 e. The van der Waals surface area contributed by atoms with Gasteiger partial charge in [0, 0.05) is 17.4 Å². The zero-order valence-electron chi connectivity index (χ0n) is 13.3. The van der Waals surface area contributed by atoms with Gasteiger partial charge in [-0.15, -0.1) is 11.3 Å². The molecule has 25 heavy (non-hydrogen) atoms. The van der Waals surface area contributed by atoms with Gasteiger partial charge in [0.1, 0.15) is 5.75 Å². The standard InChI is InChI=1S/C16H15N3O5S/c1-23-15(22)5-4-13(20)19-16-18-11(8-25-16)9-2-3-12-10(6-9)17-14(21)7-24-12/h2-3,6,8H,4-5,7H2,1H3,(H,17,21)(H,18,19,20).